The summed E-state index contributed by atoms with van der Waals surface area (Å²) in [6, 6.07) is 14.0. The SMILES string of the molecule is O=C(CSc1nc2[nH]ncc2c(=O)n1-c1ccc(Cl)cc1)c1ccc(Br)cc1. The smallest absolute Gasteiger partial charge is 0.269 e. The maximum absolute atomic E-state index is 13.0. The van der Waals surface area contributed by atoms with Gasteiger partial charge in [-0.05, 0) is 36.4 Å². The molecule has 4 rings (SSSR count). The molecule has 6 nitrogen and oxygen atoms in total. The number of halogens is 2. The summed E-state index contributed by atoms with van der Waals surface area (Å²) < 4.78 is 2.37. The fourth-order valence-corrected chi connectivity index (χ4v) is 3.93. The lowest BCUT2D eigenvalue weighted by Crippen LogP contribution is -2.21. The van der Waals surface area contributed by atoms with Crippen LogP contribution in [0.1, 0.15) is 10.4 Å². The first kappa shape index (κ1) is 18.9. The maximum atomic E-state index is 13.0. The van der Waals surface area contributed by atoms with Crippen molar-refractivity contribution in [2.75, 3.05) is 5.75 Å². The molecule has 0 radical (unpaired) electrons. The Morgan fingerprint density at radius 2 is 1.86 bits per heavy atom. The Hall–Kier alpha value is -2.42. The van der Waals surface area contributed by atoms with E-state index in [2.05, 4.69) is 31.1 Å². The van der Waals surface area contributed by atoms with E-state index in [0.717, 1.165) is 4.47 Å². The third kappa shape index (κ3) is 3.76. The first-order chi connectivity index (χ1) is 13.5. The van der Waals surface area contributed by atoms with Crippen molar-refractivity contribution in [3.63, 3.8) is 0 Å². The van der Waals surface area contributed by atoms with Gasteiger partial charge in [-0.25, -0.2) is 4.98 Å². The number of Topliss-reactive ketones (excluding diaryl/α,β-unsaturated/α-hetero) is 1. The number of carbonyl (C=O) groups excluding carboxylic acids is 1. The monoisotopic (exact) mass is 474 g/mol. The summed E-state index contributed by atoms with van der Waals surface area (Å²) in [5.74, 6) is 0.0838. The van der Waals surface area contributed by atoms with E-state index in [1.807, 2.05) is 12.1 Å². The van der Waals surface area contributed by atoms with Gasteiger partial charge < -0.3 is 0 Å². The molecule has 0 unspecified atom stereocenters. The van der Waals surface area contributed by atoms with Crippen LogP contribution in [0.5, 0.6) is 0 Å². The topological polar surface area (TPSA) is 80.6 Å². The highest BCUT2D eigenvalue weighted by Crippen LogP contribution is 2.23. The molecular weight excluding hydrogens is 464 g/mol. The van der Waals surface area contributed by atoms with E-state index in [1.54, 1.807) is 36.4 Å². The molecule has 140 valence electrons. The van der Waals surface area contributed by atoms with Crippen LogP contribution in [0.2, 0.25) is 5.02 Å². The highest BCUT2D eigenvalue weighted by Gasteiger charge is 2.16. The molecule has 0 bridgehead atoms. The predicted molar refractivity (Wildman–Crippen MR) is 114 cm³/mol. The molecule has 2 heterocycles. The molecule has 2 aromatic carbocycles. The third-order valence-corrected chi connectivity index (χ3v) is 5.75. The standard InChI is InChI=1S/C19H12BrClN4O2S/c20-12-3-1-11(2-4-12)16(26)10-28-19-23-17-15(9-22-24-17)18(27)25(19)14-7-5-13(21)6-8-14/h1-9H,10H2,(H,22,24). The van der Waals surface area contributed by atoms with E-state index in [-0.39, 0.29) is 17.1 Å². The molecule has 2 aromatic heterocycles. The van der Waals surface area contributed by atoms with Crippen molar-refractivity contribution in [2.45, 2.75) is 5.16 Å². The zero-order valence-corrected chi connectivity index (χ0v) is 17.4. The van der Waals surface area contributed by atoms with Gasteiger partial charge in [-0.15, -0.1) is 0 Å². The number of rotatable bonds is 5. The Bertz CT molecular complexity index is 1220. The van der Waals surface area contributed by atoms with Crippen LogP contribution < -0.4 is 5.56 Å². The number of hydrogen-bond acceptors (Lipinski definition) is 5. The van der Waals surface area contributed by atoms with Crippen molar-refractivity contribution in [1.82, 2.24) is 19.7 Å². The summed E-state index contributed by atoms with van der Waals surface area (Å²) in [4.78, 5) is 30.0. The van der Waals surface area contributed by atoms with E-state index >= 15 is 0 Å². The Morgan fingerprint density at radius 3 is 2.57 bits per heavy atom. The first-order valence-corrected chi connectivity index (χ1v) is 10.3. The maximum Gasteiger partial charge on any atom is 0.269 e. The summed E-state index contributed by atoms with van der Waals surface area (Å²) in [6.45, 7) is 0. The largest absolute Gasteiger partial charge is 0.293 e. The molecule has 0 spiro atoms. The highest BCUT2D eigenvalue weighted by molar-refractivity contribution is 9.10. The minimum atomic E-state index is -0.264. The molecule has 0 atom stereocenters. The second-order valence-corrected chi connectivity index (χ2v) is 8.16. The highest BCUT2D eigenvalue weighted by atomic mass is 79.9. The third-order valence-electron chi connectivity index (χ3n) is 4.03. The molecule has 1 N–H and O–H groups in total. The van der Waals surface area contributed by atoms with Crippen molar-refractivity contribution in [2.24, 2.45) is 0 Å². The second-order valence-electron chi connectivity index (χ2n) is 5.86. The lowest BCUT2D eigenvalue weighted by atomic mass is 10.2. The van der Waals surface area contributed by atoms with Crippen LogP contribution in [0, 0.1) is 0 Å². The Balaban J connectivity index is 1.72. The second kappa shape index (κ2) is 7.90. The van der Waals surface area contributed by atoms with Crippen molar-refractivity contribution in [1.29, 1.82) is 0 Å². The molecule has 0 amide bonds. The van der Waals surface area contributed by atoms with Crippen molar-refractivity contribution < 1.29 is 4.79 Å². The number of aromatic amines is 1. The van der Waals surface area contributed by atoms with Gasteiger partial charge in [0.25, 0.3) is 5.56 Å². The van der Waals surface area contributed by atoms with E-state index in [0.29, 0.717) is 32.5 Å². The number of fused-ring (bicyclic) bond motifs is 1. The number of hydrogen-bond donors (Lipinski definition) is 1. The molecule has 0 aliphatic rings. The zero-order valence-electron chi connectivity index (χ0n) is 14.2. The first-order valence-electron chi connectivity index (χ1n) is 8.16. The normalized spacial score (nSPS) is 11.1. The average molecular weight is 476 g/mol. The van der Waals surface area contributed by atoms with Gasteiger partial charge in [0.15, 0.2) is 16.6 Å². The molecular formula is C19H12BrClN4O2S. The van der Waals surface area contributed by atoms with Gasteiger partial charge in [-0.3, -0.25) is 19.3 Å². The average Bonchev–Trinajstić information content (AvgIpc) is 3.17. The number of nitrogens with zero attached hydrogens (tertiary/aromatic N) is 3. The fraction of sp³-hybridized carbons (Fsp3) is 0.0526. The van der Waals surface area contributed by atoms with Crippen LogP contribution in [0.25, 0.3) is 16.7 Å². The molecule has 0 fully saturated rings. The van der Waals surface area contributed by atoms with Crippen molar-refractivity contribution in [3.8, 4) is 5.69 Å². The summed E-state index contributed by atoms with van der Waals surface area (Å²) >= 11 is 10.5. The van der Waals surface area contributed by atoms with Crippen LogP contribution in [0.15, 0.2) is 69.2 Å². The molecule has 4 aromatic rings. The fourth-order valence-electron chi connectivity index (χ4n) is 2.64. The van der Waals surface area contributed by atoms with Crippen LogP contribution in [-0.2, 0) is 0 Å². The van der Waals surface area contributed by atoms with Gasteiger partial charge >= 0.3 is 0 Å². The molecule has 0 aliphatic heterocycles. The number of carbonyl (C=O) groups is 1. The number of benzene rings is 2. The van der Waals surface area contributed by atoms with Gasteiger partial charge in [0.1, 0.15) is 5.39 Å². The molecule has 28 heavy (non-hydrogen) atoms. The molecule has 9 heteroatoms. The summed E-state index contributed by atoms with van der Waals surface area (Å²) in [7, 11) is 0. The Labute approximate surface area is 177 Å². The number of thioether (sulfide) groups is 1. The summed E-state index contributed by atoms with van der Waals surface area (Å²) in [5.41, 5.74) is 1.33. The van der Waals surface area contributed by atoms with Crippen LogP contribution >= 0.6 is 39.3 Å². The van der Waals surface area contributed by atoms with E-state index in [1.165, 1.54) is 22.5 Å². The van der Waals surface area contributed by atoms with E-state index in [9.17, 15) is 9.59 Å². The zero-order chi connectivity index (χ0) is 19.7. The quantitative estimate of drug-likeness (QED) is 0.261. The lowest BCUT2D eigenvalue weighted by molar-refractivity contribution is 0.102. The minimum absolute atomic E-state index is 0.0564. The van der Waals surface area contributed by atoms with Crippen LogP contribution in [0.4, 0.5) is 0 Å². The van der Waals surface area contributed by atoms with Gasteiger partial charge in [0.05, 0.1) is 17.6 Å². The van der Waals surface area contributed by atoms with Crippen molar-refractivity contribution >= 4 is 56.1 Å². The van der Waals surface area contributed by atoms with E-state index in [4.69, 9.17) is 11.6 Å². The lowest BCUT2D eigenvalue weighted by Gasteiger charge is -2.11. The molecule has 0 aliphatic carbocycles. The van der Waals surface area contributed by atoms with Crippen LogP contribution in [-0.4, -0.2) is 31.3 Å². The number of nitrogens with one attached hydrogen (secondary N) is 1. The predicted octanol–water partition coefficient (Wildman–Crippen LogP) is 4.50. The Morgan fingerprint density at radius 1 is 1.14 bits per heavy atom. The number of aromatic nitrogens is 4. The van der Waals surface area contributed by atoms with E-state index < -0.39 is 0 Å². The molecule has 0 saturated carbocycles. The van der Waals surface area contributed by atoms with Crippen molar-refractivity contribution in [3.05, 3.63) is 80.1 Å². The van der Waals surface area contributed by atoms with Gasteiger partial charge in [-0.2, -0.15) is 5.10 Å². The molecule has 0 saturated heterocycles. The van der Waals surface area contributed by atoms with Gasteiger partial charge in [-0.1, -0.05) is 51.4 Å². The van der Waals surface area contributed by atoms with Gasteiger partial charge in [0, 0.05) is 15.1 Å². The van der Waals surface area contributed by atoms with Gasteiger partial charge in [0.2, 0.25) is 0 Å². The summed E-state index contributed by atoms with van der Waals surface area (Å²) in [5, 5.41) is 7.95. The summed E-state index contributed by atoms with van der Waals surface area (Å²) in [6.07, 6.45) is 1.44. The van der Waals surface area contributed by atoms with Crippen LogP contribution in [0.3, 0.4) is 0 Å². The Kier molecular flexibility index (Phi) is 5.34. The number of H-pyrrole nitrogens is 1. The minimum Gasteiger partial charge on any atom is -0.293 e. The number of ketones is 1.